The van der Waals surface area contributed by atoms with Gasteiger partial charge in [-0.3, -0.25) is 4.68 Å². The lowest BCUT2D eigenvalue weighted by molar-refractivity contribution is 0.466. The van der Waals surface area contributed by atoms with Crippen LogP contribution < -0.4 is 5.32 Å². The van der Waals surface area contributed by atoms with Crippen molar-refractivity contribution in [2.75, 3.05) is 12.3 Å². The molecule has 1 N–H and O–H groups in total. The standard InChI is InChI=1S/C14H26BrN3S/c1-7-16-12(9-19-14(4,5)6)13-11(15)8-17-18(13)10(2)3/h8,10,12,16H,7,9H2,1-6H3. The van der Waals surface area contributed by atoms with Gasteiger partial charge in [-0.05, 0) is 36.3 Å². The van der Waals surface area contributed by atoms with E-state index in [2.05, 4.69) is 72.6 Å². The Morgan fingerprint density at radius 1 is 1.42 bits per heavy atom. The summed E-state index contributed by atoms with van der Waals surface area (Å²) in [7, 11) is 0. The Balaban J connectivity index is 2.95. The van der Waals surface area contributed by atoms with E-state index in [0.29, 0.717) is 12.1 Å². The molecule has 1 aromatic heterocycles. The Hall–Kier alpha value is 0. The second-order valence-corrected chi connectivity index (χ2v) is 8.65. The van der Waals surface area contributed by atoms with Gasteiger partial charge >= 0.3 is 0 Å². The second kappa shape index (κ2) is 7.14. The van der Waals surface area contributed by atoms with Crippen LogP contribution in [0.3, 0.4) is 0 Å². The fourth-order valence-electron chi connectivity index (χ4n) is 1.90. The van der Waals surface area contributed by atoms with E-state index in [9.17, 15) is 0 Å². The molecular formula is C14H26BrN3S. The summed E-state index contributed by atoms with van der Waals surface area (Å²) in [5.74, 6) is 1.05. The van der Waals surface area contributed by atoms with Crippen molar-refractivity contribution in [3.8, 4) is 0 Å². The van der Waals surface area contributed by atoms with Crippen molar-refractivity contribution in [1.82, 2.24) is 15.1 Å². The van der Waals surface area contributed by atoms with Gasteiger partial charge in [-0.15, -0.1) is 0 Å². The topological polar surface area (TPSA) is 29.9 Å². The van der Waals surface area contributed by atoms with Crippen LogP contribution in [0.15, 0.2) is 10.7 Å². The molecular weight excluding hydrogens is 322 g/mol. The number of hydrogen-bond donors (Lipinski definition) is 1. The maximum atomic E-state index is 4.48. The monoisotopic (exact) mass is 347 g/mol. The first-order chi connectivity index (χ1) is 8.76. The minimum absolute atomic E-state index is 0.281. The number of nitrogens with zero attached hydrogens (tertiary/aromatic N) is 2. The highest BCUT2D eigenvalue weighted by Gasteiger charge is 2.23. The van der Waals surface area contributed by atoms with Crippen molar-refractivity contribution in [3.63, 3.8) is 0 Å². The van der Waals surface area contributed by atoms with Crippen LogP contribution in [-0.4, -0.2) is 26.8 Å². The van der Waals surface area contributed by atoms with Gasteiger partial charge in [0.05, 0.1) is 22.4 Å². The van der Waals surface area contributed by atoms with E-state index < -0.39 is 0 Å². The fraction of sp³-hybridized carbons (Fsp3) is 0.786. The second-order valence-electron chi connectivity index (χ2n) is 5.95. The SMILES string of the molecule is CCNC(CSC(C)(C)C)c1c(Br)cnn1C(C)C. The number of hydrogen-bond acceptors (Lipinski definition) is 3. The van der Waals surface area contributed by atoms with Crippen LogP contribution >= 0.6 is 27.7 Å². The summed E-state index contributed by atoms with van der Waals surface area (Å²) < 4.78 is 3.49. The van der Waals surface area contributed by atoms with Gasteiger partial charge in [0.2, 0.25) is 0 Å². The largest absolute Gasteiger partial charge is 0.308 e. The van der Waals surface area contributed by atoms with Gasteiger partial charge in [0, 0.05) is 16.5 Å². The molecule has 0 spiro atoms. The summed E-state index contributed by atoms with van der Waals surface area (Å²) in [6.45, 7) is 14.2. The lowest BCUT2D eigenvalue weighted by Crippen LogP contribution is -2.28. The highest BCUT2D eigenvalue weighted by molar-refractivity contribution is 9.10. The molecule has 0 amide bonds. The molecule has 5 heteroatoms. The number of thioether (sulfide) groups is 1. The van der Waals surface area contributed by atoms with Gasteiger partial charge in [0.1, 0.15) is 0 Å². The first-order valence-corrected chi connectivity index (χ1v) is 8.64. The summed E-state index contributed by atoms with van der Waals surface area (Å²) in [6, 6.07) is 0.704. The Kier molecular flexibility index (Phi) is 6.40. The molecule has 0 saturated carbocycles. The molecule has 19 heavy (non-hydrogen) atoms. The Morgan fingerprint density at radius 3 is 2.53 bits per heavy atom. The zero-order valence-electron chi connectivity index (χ0n) is 12.8. The molecule has 1 rings (SSSR count). The Labute approximate surface area is 130 Å². The zero-order valence-corrected chi connectivity index (χ0v) is 15.2. The molecule has 1 aromatic rings. The minimum Gasteiger partial charge on any atom is -0.308 e. The lowest BCUT2D eigenvalue weighted by atomic mass is 10.2. The number of nitrogens with one attached hydrogen (secondary N) is 1. The molecule has 0 aliphatic rings. The van der Waals surface area contributed by atoms with Crippen LogP contribution in [0.1, 0.15) is 59.3 Å². The molecule has 110 valence electrons. The van der Waals surface area contributed by atoms with Crippen molar-refractivity contribution in [3.05, 3.63) is 16.4 Å². The van der Waals surface area contributed by atoms with E-state index in [4.69, 9.17) is 0 Å². The molecule has 0 radical (unpaired) electrons. The van der Waals surface area contributed by atoms with Gasteiger partial charge in [-0.1, -0.05) is 27.7 Å². The number of aromatic nitrogens is 2. The predicted molar refractivity (Wildman–Crippen MR) is 88.9 cm³/mol. The summed E-state index contributed by atoms with van der Waals surface area (Å²) in [5, 5.41) is 8.07. The van der Waals surface area contributed by atoms with Crippen molar-refractivity contribution in [2.24, 2.45) is 0 Å². The minimum atomic E-state index is 0.281. The third kappa shape index (κ3) is 5.12. The van der Waals surface area contributed by atoms with E-state index in [0.717, 1.165) is 16.8 Å². The summed E-state index contributed by atoms with van der Waals surface area (Å²) in [6.07, 6.45) is 1.90. The zero-order chi connectivity index (χ0) is 14.6. The predicted octanol–water partition coefficient (Wildman–Crippen LogP) is 4.41. The molecule has 1 unspecified atom stereocenters. The van der Waals surface area contributed by atoms with Crippen molar-refractivity contribution in [1.29, 1.82) is 0 Å². The van der Waals surface area contributed by atoms with E-state index in [-0.39, 0.29) is 4.75 Å². The smallest absolute Gasteiger partial charge is 0.0707 e. The average molecular weight is 348 g/mol. The maximum Gasteiger partial charge on any atom is 0.0707 e. The first kappa shape index (κ1) is 17.1. The molecule has 0 aliphatic heterocycles. The molecule has 0 saturated heterocycles. The van der Waals surface area contributed by atoms with Gasteiger partial charge in [0.25, 0.3) is 0 Å². The van der Waals surface area contributed by atoms with E-state index >= 15 is 0 Å². The summed E-state index contributed by atoms with van der Waals surface area (Å²) in [5.41, 5.74) is 1.26. The fourth-order valence-corrected chi connectivity index (χ4v) is 3.39. The van der Waals surface area contributed by atoms with Crippen molar-refractivity contribution >= 4 is 27.7 Å². The molecule has 0 aromatic carbocycles. The number of halogens is 1. The van der Waals surface area contributed by atoms with Crippen LogP contribution in [0.5, 0.6) is 0 Å². The molecule has 0 bridgehead atoms. The van der Waals surface area contributed by atoms with Gasteiger partial charge in [-0.25, -0.2) is 0 Å². The maximum absolute atomic E-state index is 4.48. The Bertz CT molecular complexity index is 396. The quantitative estimate of drug-likeness (QED) is 0.826. The van der Waals surface area contributed by atoms with Gasteiger partial charge in [-0.2, -0.15) is 16.9 Å². The Morgan fingerprint density at radius 2 is 2.05 bits per heavy atom. The third-order valence-corrected chi connectivity index (χ3v) is 4.72. The molecule has 1 atom stereocenters. The van der Waals surface area contributed by atoms with Gasteiger partial charge < -0.3 is 5.32 Å². The highest BCUT2D eigenvalue weighted by Crippen LogP contribution is 2.32. The summed E-state index contributed by atoms with van der Waals surface area (Å²) in [4.78, 5) is 0. The highest BCUT2D eigenvalue weighted by atomic mass is 79.9. The van der Waals surface area contributed by atoms with E-state index in [1.54, 1.807) is 0 Å². The molecule has 1 heterocycles. The summed E-state index contributed by atoms with van der Waals surface area (Å²) >= 11 is 5.63. The normalized spacial score (nSPS) is 14.1. The average Bonchev–Trinajstić information content (AvgIpc) is 2.65. The van der Waals surface area contributed by atoms with Crippen LogP contribution in [0.25, 0.3) is 0 Å². The third-order valence-electron chi connectivity index (χ3n) is 2.74. The molecule has 0 fully saturated rings. The van der Waals surface area contributed by atoms with Crippen LogP contribution in [0.4, 0.5) is 0 Å². The van der Waals surface area contributed by atoms with Gasteiger partial charge in [0.15, 0.2) is 0 Å². The molecule has 3 nitrogen and oxygen atoms in total. The van der Waals surface area contributed by atoms with Crippen molar-refractivity contribution < 1.29 is 0 Å². The first-order valence-electron chi connectivity index (χ1n) is 6.86. The molecule has 0 aliphatic carbocycles. The van der Waals surface area contributed by atoms with Crippen LogP contribution in [0.2, 0.25) is 0 Å². The van der Waals surface area contributed by atoms with E-state index in [1.807, 2.05) is 18.0 Å². The van der Waals surface area contributed by atoms with E-state index in [1.165, 1.54) is 5.69 Å². The van der Waals surface area contributed by atoms with Crippen LogP contribution in [-0.2, 0) is 0 Å². The van der Waals surface area contributed by atoms with Crippen molar-refractivity contribution in [2.45, 2.75) is 58.4 Å². The van der Waals surface area contributed by atoms with Crippen LogP contribution in [0, 0.1) is 0 Å². The number of rotatable bonds is 6. The lowest BCUT2D eigenvalue weighted by Gasteiger charge is -2.25.